The van der Waals surface area contributed by atoms with E-state index in [1.165, 1.54) is 16.7 Å². The second kappa shape index (κ2) is 4.23. The molecule has 0 heterocycles. The van der Waals surface area contributed by atoms with Crippen molar-refractivity contribution in [2.24, 2.45) is 0 Å². The molecule has 1 rings (SSSR count). The first kappa shape index (κ1) is 12.1. The van der Waals surface area contributed by atoms with Crippen LogP contribution in [0.2, 0.25) is 0 Å². The smallest absolute Gasteiger partial charge is 0.0373 e. The number of benzene rings is 1. The van der Waals surface area contributed by atoms with Gasteiger partial charge in [0.25, 0.3) is 0 Å². The summed E-state index contributed by atoms with van der Waals surface area (Å²) in [4.78, 5) is 0. The Hall–Kier alpha value is -1.02. The van der Waals surface area contributed by atoms with Crippen LogP contribution in [0.15, 0.2) is 12.1 Å². The first-order chi connectivity index (χ1) is 6.88. The predicted octanol–water partition coefficient (Wildman–Crippen LogP) is 2.38. The minimum absolute atomic E-state index is 0.151. The van der Waals surface area contributed by atoms with Crippen LogP contribution in [0.4, 0.5) is 5.69 Å². The monoisotopic (exact) mass is 206 g/mol. The zero-order chi connectivity index (χ0) is 11.6. The van der Waals surface area contributed by atoms with Crippen LogP contribution in [0.5, 0.6) is 0 Å². The van der Waals surface area contributed by atoms with Crippen LogP contribution in [0.1, 0.15) is 30.5 Å². The number of anilines is 1. The molecule has 0 aliphatic heterocycles. The van der Waals surface area contributed by atoms with Crippen molar-refractivity contribution in [2.45, 2.75) is 33.1 Å². The highest BCUT2D eigenvalue weighted by Crippen LogP contribution is 2.27. The summed E-state index contributed by atoms with van der Waals surface area (Å²) in [5, 5.41) is 3.23. The molecule has 15 heavy (non-hydrogen) atoms. The van der Waals surface area contributed by atoms with Gasteiger partial charge in [-0.05, 0) is 37.6 Å². The zero-order valence-electron chi connectivity index (χ0n) is 10.4. The first-order valence-corrected chi connectivity index (χ1v) is 5.40. The molecule has 0 fully saturated rings. The summed E-state index contributed by atoms with van der Waals surface area (Å²) in [6.45, 7) is 9.60. The van der Waals surface area contributed by atoms with Crippen molar-refractivity contribution in [3.8, 4) is 0 Å². The van der Waals surface area contributed by atoms with Gasteiger partial charge < -0.3 is 11.1 Å². The maximum Gasteiger partial charge on any atom is 0.0373 e. The Kier molecular flexibility index (Phi) is 3.40. The standard InChI is InChI=1S/C13H22N2/c1-9-6-11(7-10(2)12(9)14)13(3,4)8-15-5/h6-7,15H,8,14H2,1-5H3. The summed E-state index contributed by atoms with van der Waals surface area (Å²) < 4.78 is 0. The Bertz CT molecular complexity index is 331. The lowest BCUT2D eigenvalue weighted by atomic mass is 9.82. The topological polar surface area (TPSA) is 38.0 Å². The van der Waals surface area contributed by atoms with Gasteiger partial charge in [0, 0.05) is 17.6 Å². The number of nitrogens with one attached hydrogen (secondary N) is 1. The second-order valence-corrected chi connectivity index (χ2v) is 4.94. The molecule has 0 spiro atoms. The lowest BCUT2D eigenvalue weighted by Crippen LogP contribution is -2.30. The van der Waals surface area contributed by atoms with E-state index >= 15 is 0 Å². The molecule has 0 unspecified atom stereocenters. The average Bonchev–Trinajstić information content (AvgIpc) is 2.13. The van der Waals surface area contributed by atoms with E-state index in [4.69, 9.17) is 5.73 Å². The van der Waals surface area contributed by atoms with Crippen molar-refractivity contribution in [1.29, 1.82) is 0 Å². The molecule has 0 radical (unpaired) electrons. The second-order valence-electron chi connectivity index (χ2n) is 4.94. The molecule has 3 N–H and O–H groups in total. The van der Waals surface area contributed by atoms with E-state index in [0.29, 0.717) is 0 Å². The van der Waals surface area contributed by atoms with Crippen molar-refractivity contribution in [3.63, 3.8) is 0 Å². The van der Waals surface area contributed by atoms with Crippen LogP contribution >= 0.6 is 0 Å². The summed E-state index contributed by atoms with van der Waals surface area (Å²) in [7, 11) is 1.98. The number of nitrogens with two attached hydrogens (primary N) is 1. The highest BCUT2D eigenvalue weighted by Gasteiger charge is 2.20. The van der Waals surface area contributed by atoms with E-state index in [9.17, 15) is 0 Å². The summed E-state index contributed by atoms with van der Waals surface area (Å²) in [5.41, 5.74) is 10.7. The van der Waals surface area contributed by atoms with E-state index in [1.807, 2.05) is 7.05 Å². The quantitative estimate of drug-likeness (QED) is 0.745. The fourth-order valence-corrected chi connectivity index (χ4v) is 1.91. The molecule has 0 amide bonds. The molecule has 0 aromatic heterocycles. The van der Waals surface area contributed by atoms with Crippen molar-refractivity contribution < 1.29 is 0 Å². The molecule has 1 aromatic carbocycles. The van der Waals surface area contributed by atoms with Gasteiger partial charge in [0.1, 0.15) is 0 Å². The lowest BCUT2D eigenvalue weighted by Gasteiger charge is -2.26. The van der Waals surface area contributed by atoms with Gasteiger partial charge in [-0.1, -0.05) is 26.0 Å². The van der Waals surface area contributed by atoms with Crippen LogP contribution in [-0.2, 0) is 5.41 Å². The Labute approximate surface area is 92.9 Å². The van der Waals surface area contributed by atoms with Gasteiger partial charge in [-0.2, -0.15) is 0 Å². The SMILES string of the molecule is CNCC(C)(C)c1cc(C)c(N)c(C)c1. The molecule has 0 saturated carbocycles. The van der Waals surface area contributed by atoms with E-state index in [1.54, 1.807) is 0 Å². The number of aryl methyl sites for hydroxylation is 2. The van der Waals surface area contributed by atoms with E-state index in [2.05, 4.69) is 45.1 Å². The van der Waals surface area contributed by atoms with Crippen molar-refractivity contribution in [2.75, 3.05) is 19.3 Å². The summed E-state index contributed by atoms with van der Waals surface area (Å²) >= 11 is 0. The Balaban J connectivity index is 3.16. The van der Waals surface area contributed by atoms with Gasteiger partial charge >= 0.3 is 0 Å². The largest absolute Gasteiger partial charge is 0.398 e. The van der Waals surface area contributed by atoms with E-state index in [0.717, 1.165) is 12.2 Å². The maximum atomic E-state index is 5.95. The average molecular weight is 206 g/mol. The summed E-state index contributed by atoms with van der Waals surface area (Å²) in [6.07, 6.45) is 0. The fraction of sp³-hybridized carbons (Fsp3) is 0.538. The molecular formula is C13H22N2. The zero-order valence-corrected chi connectivity index (χ0v) is 10.4. The van der Waals surface area contributed by atoms with Gasteiger partial charge in [-0.25, -0.2) is 0 Å². The highest BCUT2D eigenvalue weighted by molar-refractivity contribution is 5.55. The summed E-state index contributed by atoms with van der Waals surface area (Å²) in [5.74, 6) is 0. The van der Waals surface area contributed by atoms with Crippen LogP contribution in [0.3, 0.4) is 0 Å². The van der Waals surface area contributed by atoms with Crippen LogP contribution < -0.4 is 11.1 Å². The van der Waals surface area contributed by atoms with Crippen molar-refractivity contribution in [1.82, 2.24) is 5.32 Å². The molecule has 0 aliphatic rings. The third kappa shape index (κ3) is 2.51. The predicted molar refractivity (Wildman–Crippen MR) is 67.3 cm³/mol. The van der Waals surface area contributed by atoms with Crippen LogP contribution in [0.25, 0.3) is 0 Å². The molecule has 0 saturated heterocycles. The molecule has 1 aromatic rings. The van der Waals surface area contributed by atoms with Gasteiger partial charge in [-0.15, -0.1) is 0 Å². The lowest BCUT2D eigenvalue weighted by molar-refractivity contribution is 0.493. The minimum atomic E-state index is 0.151. The Morgan fingerprint density at radius 3 is 2.07 bits per heavy atom. The van der Waals surface area contributed by atoms with Gasteiger partial charge in [-0.3, -0.25) is 0 Å². The molecule has 2 heteroatoms. The van der Waals surface area contributed by atoms with Crippen molar-refractivity contribution in [3.05, 3.63) is 28.8 Å². The molecule has 0 atom stereocenters. The molecule has 0 bridgehead atoms. The third-order valence-corrected chi connectivity index (χ3v) is 2.99. The van der Waals surface area contributed by atoms with Gasteiger partial charge in [0.2, 0.25) is 0 Å². The first-order valence-electron chi connectivity index (χ1n) is 5.40. The van der Waals surface area contributed by atoms with Gasteiger partial charge in [0.05, 0.1) is 0 Å². The molecular weight excluding hydrogens is 184 g/mol. The summed E-state index contributed by atoms with van der Waals surface area (Å²) in [6, 6.07) is 4.39. The third-order valence-electron chi connectivity index (χ3n) is 2.99. The Morgan fingerprint density at radius 2 is 1.67 bits per heavy atom. The van der Waals surface area contributed by atoms with Gasteiger partial charge in [0.15, 0.2) is 0 Å². The highest BCUT2D eigenvalue weighted by atomic mass is 14.8. The van der Waals surface area contributed by atoms with Crippen LogP contribution in [0, 0.1) is 13.8 Å². The Morgan fingerprint density at radius 1 is 1.20 bits per heavy atom. The molecule has 0 aliphatic carbocycles. The van der Waals surface area contributed by atoms with Crippen molar-refractivity contribution >= 4 is 5.69 Å². The molecule has 2 nitrogen and oxygen atoms in total. The number of nitrogen functional groups attached to an aromatic ring is 1. The number of rotatable bonds is 3. The van der Waals surface area contributed by atoms with E-state index in [-0.39, 0.29) is 5.41 Å². The molecule has 84 valence electrons. The fourth-order valence-electron chi connectivity index (χ4n) is 1.91. The number of hydrogen-bond acceptors (Lipinski definition) is 2. The maximum absolute atomic E-state index is 5.95. The van der Waals surface area contributed by atoms with Crippen LogP contribution in [-0.4, -0.2) is 13.6 Å². The van der Waals surface area contributed by atoms with E-state index < -0.39 is 0 Å². The number of likely N-dealkylation sites (N-methyl/N-ethyl adjacent to an activating group) is 1. The minimum Gasteiger partial charge on any atom is -0.398 e. The normalized spacial score (nSPS) is 11.8. The number of hydrogen-bond donors (Lipinski definition) is 2.